The van der Waals surface area contributed by atoms with Gasteiger partial charge in [0.15, 0.2) is 10.3 Å². The molecule has 1 aromatic rings. The number of anilines is 1. The van der Waals surface area contributed by atoms with E-state index in [-0.39, 0.29) is 0 Å². The van der Waals surface area contributed by atoms with Crippen molar-refractivity contribution < 1.29 is 0 Å². The zero-order valence-corrected chi connectivity index (χ0v) is 10.6. The van der Waals surface area contributed by atoms with Crippen LogP contribution in [0.1, 0.15) is 38.5 Å². The van der Waals surface area contributed by atoms with E-state index >= 15 is 0 Å². The molecule has 1 fully saturated rings. The lowest BCUT2D eigenvalue weighted by atomic mass is 10.1. The molecule has 3 nitrogen and oxygen atoms in total. The fraction of sp³-hybridized carbons (Fsp3) is 0.636. The van der Waals surface area contributed by atoms with Crippen molar-refractivity contribution in [3.05, 3.63) is 16.4 Å². The summed E-state index contributed by atoms with van der Waals surface area (Å²) in [6, 6.07) is 2.22. The molecule has 1 N–H and O–H groups in total. The highest BCUT2D eigenvalue weighted by Gasteiger charge is 2.14. The molecule has 16 heavy (non-hydrogen) atoms. The third kappa shape index (κ3) is 3.22. The minimum Gasteiger partial charge on any atom is -0.380 e. The summed E-state index contributed by atoms with van der Waals surface area (Å²) in [7, 11) is 0. The second kappa shape index (κ2) is 5.69. The largest absolute Gasteiger partial charge is 0.380 e. The van der Waals surface area contributed by atoms with Crippen molar-refractivity contribution in [1.82, 2.24) is 10.2 Å². The third-order valence-electron chi connectivity index (χ3n) is 2.93. The fourth-order valence-electron chi connectivity index (χ4n) is 2.10. The Morgan fingerprint density at radius 1 is 1.06 bits per heavy atom. The van der Waals surface area contributed by atoms with Gasteiger partial charge in [-0.05, 0) is 12.8 Å². The van der Waals surface area contributed by atoms with Gasteiger partial charge < -0.3 is 5.32 Å². The molecule has 0 radical (unpaired) electrons. The first-order valence-corrected chi connectivity index (χ1v) is 6.46. The second-order valence-electron chi connectivity index (χ2n) is 4.20. The van der Waals surface area contributed by atoms with E-state index in [1.165, 1.54) is 38.5 Å². The molecule has 1 heterocycles. The van der Waals surface area contributed by atoms with Crippen molar-refractivity contribution in [1.29, 1.82) is 0 Å². The van der Waals surface area contributed by atoms with Gasteiger partial charge in [-0.15, -0.1) is 10.2 Å². The minimum absolute atomic E-state index is 0.375. The topological polar surface area (TPSA) is 37.8 Å². The molecule has 0 aliphatic heterocycles. The Labute approximate surface area is 106 Å². The van der Waals surface area contributed by atoms with E-state index in [1.54, 1.807) is 6.07 Å². The number of rotatable bonds is 2. The molecule has 0 atom stereocenters. The maximum Gasteiger partial charge on any atom is 0.174 e. The number of hydrogen-bond acceptors (Lipinski definition) is 3. The Kier molecular flexibility index (Phi) is 4.24. The summed E-state index contributed by atoms with van der Waals surface area (Å²) in [6.45, 7) is 0. The van der Waals surface area contributed by atoms with Crippen molar-refractivity contribution >= 4 is 28.9 Å². The molecule has 0 unspecified atom stereocenters. The van der Waals surface area contributed by atoms with E-state index in [0.29, 0.717) is 16.3 Å². The Balaban J connectivity index is 2.04. The fourth-order valence-corrected chi connectivity index (χ4v) is 2.39. The van der Waals surface area contributed by atoms with Gasteiger partial charge in [0, 0.05) is 12.1 Å². The van der Waals surface area contributed by atoms with Crippen LogP contribution in [-0.2, 0) is 0 Å². The van der Waals surface area contributed by atoms with Gasteiger partial charge in [0.25, 0.3) is 0 Å². The monoisotopic (exact) mass is 259 g/mol. The Bertz CT molecular complexity index is 349. The van der Waals surface area contributed by atoms with E-state index in [2.05, 4.69) is 15.5 Å². The van der Waals surface area contributed by atoms with Crippen LogP contribution >= 0.6 is 23.2 Å². The normalized spacial score (nSPS) is 18.1. The van der Waals surface area contributed by atoms with Gasteiger partial charge in [0.05, 0.1) is 5.69 Å². The van der Waals surface area contributed by atoms with Crippen molar-refractivity contribution in [2.24, 2.45) is 0 Å². The zero-order valence-electron chi connectivity index (χ0n) is 9.05. The molecular weight excluding hydrogens is 245 g/mol. The predicted octanol–water partition coefficient (Wildman–Crippen LogP) is 3.92. The number of hydrogen-bond donors (Lipinski definition) is 1. The second-order valence-corrected chi connectivity index (χ2v) is 4.95. The molecule has 0 saturated heterocycles. The van der Waals surface area contributed by atoms with Gasteiger partial charge in [0.2, 0.25) is 0 Å². The van der Waals surface area contributed by atoms with E-state index in [4.69, 9.17) is 23.2 Å². The highest BCUT2D eigenvalue weighted by Crippen LogP contribution is 2.25. The van der Waals surface area contributed by atoms with Crippen LogP contribution in [0, 0.1) is 0 Å². The summed E-state index contributed by atoms with van der Waals surface area (Å²) in [4.78, 5) is 0. The van der Waals surface area contributed by atoms with Crippen LogP contribution in [-0.4, -0.2) is 16.2 Å². The van der Waals surface area contributed by atoms with Crippen molar-refractivity contribution in [3.63, 3.8) is 0 Å². The van der Waals surface area contributed by atoms with Gasteiger partial charge in [-0.3, -0.25) is 0 Å². The summed E-state index contributed by atoms with van der Waals surface area (Å²) in [6.07, 6.45) is 7.61. The standard InChI is InChI=1S/C11H15Cl2N3/c12-10-7-9(11(13)16-15-10)14-8-5-3-1-2-4-6-8/h7-8H,1-6H2,(H,14,15). The van der Waals surface area contributed by atoms with E-state index in [1.807, 2.05) is 0 Å². The SMILES string of the molecule is Clc1cc(NC2CCCCCC2)c(Cl)nn1. The van der Waals surface area contributed by atoms with Gasteiger partial charge >= 0.3 is 0 Å². The zero-order chi connectivity index (χ0) is 11.4. The lowest BCUT2D eigenvalue weighted by molar-refractivity contribution is 0.619. The first-order chi connectivity index (χ1) is 7.75. The molecule has 0 bridgehead atoms. The summed E-state index contributed by atoms with van der Waals surface area (Å²) < 4.78 is 0. The number of halogens is 2. The number of nitrogens with zero attached hydrogens (tertiary/aromatic N) is 2. The van der Waals surface area contributed by atoms with E-state index in [9.17, 15) is 0 Å². The minimum atomic E-state index is 0.375. The van der Waals surface area contributed by atoms with Crippen LogP contribution in [0.5, 0.6) is 0 Å². The molecule has 0 aromatic carbocycles. The molecular formula is C11H15Cl2N3. The average molecular weight is 260 g/mol. The lowest BCUT2D eigenvalue weighted by Crippen LogP contribution is -2.18. The van der Waals surface area contributed by atoms with Crippen LogP contribution in [0.3, 0.4) is 0 Å². The molecule has 1 aliphatic carbocycles. The van der Waals surface area contributed by atoms with Crippen LogP contribution in [0.4, 0.5) is 5.69 Å². The highest BCUT2D eigenvalue weighted by molar-refractivity contribution is 6.33. The van der Waals surface area contributed by atoms with Crippen LogP contribution in [0.15, 0.2) is 6.07 Å². The van der Waals surface area contributed by atoms with Gasteiger partial charge in [-0.1, -0.05) is 48.9 Å². The van der Waals surface area contributed by atoms with Crippen molar-refractivity contribution in [2.45, 2.75) is 44.6 Å². The van der Waals surface area contributed by atoms with Crippen LogP contribution in [0.25, 0.3) is 0 Å². The molecule has 1 aromatic heterocycles. The van der Waals surface area contributed by atoms with Crippen molar-refractivity contribution in [3.8, 4) is 0 Å². The van der Waals surface area contributed by atoms with E-state index in [0.717, 1.165) is 5.69 Å². The van der Waals surface area contributed by atoms with Gasteiger partial charge in [-0.2, -0.15) is 0 Å². The first-order valence-electron chi connectivity index (χ1n) is 5.71. The quantitative estimate of drug-likeness (QED) is 0.819. The smallest absolute Gasteiger partial charge is 0.174 e. The lowest BCUT2D eigenvalue weighted by Gasteiger charge is -2.17. The Morgan fingerprint density at radius 3 is 2.44 bits per heavy atom. The maximum absolute atomic E-state index is 5.96. The van der Waals surface area contributed by atoms with E-state index < -0.39 is 0 Å². The summed E-state index contributed by atoms with van der Waals surface area (Å²) in [5, 5.41) is 11.7. The number of nitrogens with one attached hydrogen (secondary N) is 1. The van der Waals surface area contributed by atoms with Gasteiger partial charge in [0.1, 0.15) is 0 Å². The van der Waals surface area contributed by atoms with Crippen LogP contribution in [0.2, 0.25) is 10.3 Å². The molecule has 1 saturated carbocycles. The van der Waals surface area contributed by atoms with Crippen LogP contribution < -0.4 is 5.32 Å². The molecule has 1 aliphatic rings. The molecule has 88 valence electrons. The molecule has 0 spiro atoms. The van der Waals surface area contributed by atoms with Crippen molar-refractivity contribution in [2.75, 3.05) is 5.32 Å². The first kappa shape index (κ1) is 11.9. The summed E-state index contributed by atoms with van der Waals surface area (Å²) in [5.41, 5.74) is 0.800. The Hall–Kier alpha value is -0.540. The summed E-state index contributed by atoms with van der Waals surface area (Å²) >= 11 is 11.8. The highest BCUT2D eigenvalue weighted by atomic mass is 35.5. The molecule has 0 amide bonds. The van der Waals surface area contributed by atoms with Gasteiger partial charge in [-0.25, -0.2) is 0 Å². The Morgan fingerprint density at radius 2 is 1.75 bits per heavy atom. The predicted molar refractivity (Wildman–Crippen MR) is 67.2 cm³/mol. The maximum atomic E-state index is 5.96. The summed E-state index contributed by atoms with van der Waals surface area (Å²) in [5.74, 6) is 0. The number of aromatic nitrogens is 2. The third-order valence-corrected chi connectivity index (χ3v) is 3.40. The average Bonchev–Trinajstić information content (AvgIpc) is 2.52. The molecule has 5 heteroatoms. The molecule has 2 rings (SSSR count).